The molecule has 98 valence electrons. The Bertz CT molecular complexity index is 836. The van der Waals surface area contributed by atoms with Crippen LogP contribution < -0.4 is 4.74 Å². The molecular weight excluding hydrogens is 278 g/mol. The van der Waals surface area contributed by atoms with E-state index in [0.29, 0.717) is 28.2 Å². The van der Waals surface area contributed by atoms with Crippen molar-refractivity contribution in [3.8, 4) is 17.7 Å². The molecule has 7 heteroatoms. The van der Waals surface area contributed by atoms with Crippen LogP contribution in [0.2, 0.25) is 5.28 Å². The molecule has 3 rings (SSSR count). The molecule has 0 saturated heterocycles. The van der Waals surface area contributed by atoms with Crippen molar-refractivity contribution in [2.75, 3.05) is 0 Å². The maximum Gasteiger partial charge on any atom is 0.234 e. The fourth-order valence-electron chi connectivity index (χ4n) is 1.74. The molecule has 0 fully saturated rings. The minimum atomic E-state index is 0.0610. The van der Waals surface area contributed by atoms with Crippen LogP contribution in [0.4, 0.5) is 0 Å². The van der Waals surface area contributed by atoms with Crippen molar-refractivity contribution in [1.29, 1.82) is 5.26 Å². The second kappa shape index (κ2) is 4.79. The second-order valence-electron chi connectivity index (χ2n) is 4.12. The maximum absolute atomic E-state index is 8.93. The predicted molar refractivity (Wildman–Crippen MR) is 72.7 cm³/mol. The Hall–Kier alpha value is -2.65. The summed E-state index contributed by atoms with van der Waals surface area (Å²) >= 11 is 5.84. The van der Waals surface area contributed by atoms with Crippen LogP contribution in [0.25, 0.3) is 11.0 Å². The van der Waals surface area contributed by atoms with Crippen molar-refractivity contribution in [2.45, 2.75) is 6.92 Å². The average Bonchev–Trinajstić information content (AvgIpc) is 2.89. The Morgan fingerprint density at radius 3 is 3.00 bits per heavy atom. The van der Waals surface area contributed by atoms with E-state index >= 15 is 0 Å². The maximum atomic E-state index is 8.93. The first-order valence-corrected chi connectivity index (χ1v) is 6.10. The number of nitrogens with one attached hydrogen (secondary N) is 1. The van der Waals surface area contributed by atoms with Gasteiger partial charge in [0.25, 0.3) is 0 Å². The van der Waals surface area contributed by atoms with Crippen LogP contribution >= 0.6 is 11.6 Å². The van der Waals surface area contributed by atoms with E-state index in [0.717, 1.165) is 5.56 Å². The van der Waals surface area contributed by atoms with E-state index in [1.165, 1.54) is 0 Å². The smallest absolute Gasteiger partial charge is 0.234 e. The van der Waals surface area contributed by atoms with Crippen LogP contribution in [-0.4, -0.2) is 20.2 Å². The van der Waals surface area contributed by atoms with Gasteiger partial charge in [0.2, 0.25) is 11.2 Å². The minimum Gasteiger partial charge on any atom is -0.438 e. The van der Waals surface area contributed by atoms with Gasteiger partial charge in [-0.1, -0.05) is 6.07 Å². The summed E-state index contributed by atoms with van der Waals surface area (Å²) in [5, 5.41) is 16.2. The van der Waals surface area contributed by atoms with Crippen molar-refractivity contribution < 1.29 is 4.74 Å². The summed E-state index contributed by atoms with van der Waals surface area (Å²) in [4.78, 5) is 8.05. The minimum absolute atomic E-state index is 0.0610. The van der Waals surface area contributed by atoms with Gasteiger partial charge in [-0.15, -0.1) is 0 Å². The Labute approximate surface area is 119 Å². The highest BCUT2D eigenvalue weighted by Crippen LogP contribution is 2.29. The van der Waals surface area contributed by atoms with Gasteiger partial charge < -0.3 is 4.74 Å². The van der Waals surface area contributed by atoms with Crippen LogP contribution in [0.5, 0.6) is 11.6 Å². The van der Waals surface area contributed by atoms with Crippen LogP contribution in [0, 0.1) is 18.3 Å². The van der Waals surface area contributed by atoms with Crippen LogP contribution in [0.15, 0.2) is 24.4 Å². The SMILES string of the molecule is Cc1ccc(C#N)cc1Oc1nc(Cl)nc2[nH]ncc12. The molecule has 0 bridgehead atoms. The lowest BCUT2D eigenvalue weighted by atomic mass is 10.1. The molecule has 0 radical (unpaired) electrons. The zero-order valence-electron chi connectivity index (χ0n) is 10.4. The average molecular weight is 286 g/mol. The monoisotopic (exact) mass is 285 g/mol. The molecule has 6 nitrogen and oxygen atoms in total. The van der Waals surface area contributed by atoms with Crippen molar-refractivity contribution in [1.82, 2.24) is 20.2 Å². The largest absolute Gasteiger partial charge is 0.438 e. The Kier molecular flexibility index (Phi) is 2.97. The number of hydrogen-bond acceptors (Lipinski definition) is 5. The van der Waals surface area contributed by atoms with Crippen molar-refractivity contribution in [3.05, 3.63) is 40.8 Å². The molecule has 0 saturated carbocycles. The number of nitriles is 1. The Morgan fingerprint density at radius 2 is 2.20 bits per heavy atom. The summed E-state index contributed by atoms with van der Waals surface area (Å²) in [6, 6.07) is 7.25. The number of aromatic amines is 1. The molecule has 0 amide bonds. The highest BCUT2D eigenvalue weighted by molar-refractivity contribution is 6.28. The van der Waals surface area contributed by atoms with Crippen molar-refractivity contribution in [2.24, 2.45) is 0 Å². The molecule has 1 N–H and O–H groups in total. The van der Waals surface area contributed by atoms with Crippen molar-refractivity contribution >= 4 is 22.6 Å². The number of H-pyrrole nitrogens is 1. The van der Waals surface area contributed by atoms with E-state index in [1.54, 1.807) is 18.3 Å². The standard InChI is InChI=1S/C13H8ClN5O/c1-7-2-3-8(5-15)4-10(7)20-12-9-6-16-19-11(9)17-13(14)18-12/h2-4,6H,1H3,(H,16,17,18,19). The Morgan fingerprint density at radius 1 is 1.35 bits per heavy atom. The Balaban J connectivity index is 2.09. The molecule has 0 aliphatic heterocycles. The molecule has 0 aliphatic rings. The molecule has 0 unspecified atom stereocenters. The predicted octanol–water partition coefficient (Wildman–Crippen LogP) is 2.98. The molecule has 0 spiro atoms. The fourth-order valence-corrected chi connectivity index (χ4v) is 1.91. The third-order valence-electron chi connectivity index (χ3n) is 2.77. The first kappa shape index (κ1) is 12.4. The van der Waals surface area contributed by atoms with E-state index in [4.69, 9.17) is 21.6 Å². The lowest BCUT2D eigenvalue weighted by Crippen LogP contribution is -1.94. The summed E-state index contributed by atoms with van der Waals surface area (Å²) in [5.74, 6) is 0.841. The van der Waals surface area contributed by atoms with Gasteiger partial charge in [0.1, 0.15) is 11.1 Å². The number of fused-ring (bicyclic) bond motifs is 1. The van der Waals surface area contributed by atoms with Gasteiger partial charge in [-0.25, -0.2) is 0 Å². The van der Waals surface area contributed by atoms with Crippen LogP contribution in [-0.2, 0) is 0 Å². The molecule has 20 heavy (non-hydrogen) atoms. The third kappa shape index (κ3) is 2.15. The lowest BCUT2D eigenvalue weighted by molar-refractivity contribution is 0.464. The summed E-state index contributed by atoms with van der Waals surface area (Å²) < 4.78 is 5.76. The highest BCUT2D eigenvalue weighted by Gasteiger charge is 2.12. The number of halogens is 1. The first-order valence-electron chi connectivity index (χ1n) is 5.72. The van der Waals surface area contributed by atoms with Gasteiger partial charge in [-0.3, -0.25) is 5.10 Å². The molecular formula is C13H8ClN5O. The van der Waals surface area contributed by atoms with Gasteiger partial charge >= 0.3 is 0 Å². The van der Waals surface area contributed by atoms with Crippen LogP contribution in [0.3, 0.4) is 0 Å². The van der Waals surface area contributed by atoms with Gasteiger partial charge in [-0.05, 0) is 36.2 Å². The number of ether oxygens (including phenoxy) is 1. The van der Waals surface area contributed by atoms with Crippen LogP contribution in [0.1, 0.15) is 11.1 Å². The number of nitrogens with zero attached hydrogens (tertiary/aromatic N) is 4. The van der Waals surface area contributed by atoms with E-state index in [1.807, 2.05) is 13.0 Å². The molecule has 3 aromatic rings. The van der Waals surface area contributed by atoms with Gasteiger partial charge in [0.05, 0.1) is 17.8 Å². The number of aryl methyl sites for hydroxylation is 1. The first-order chi connectivity index (χ1) is 9.67. The molecule has 1 aromatic carbocycles. The number of rotatable bonds is 2. The molecule has 0 aliphatic carbocycles. The quantitative estimate of drug-likeness (QED) is 0.731. The zero-order valence-corrected chi connectivity index (χ0v) is 11.1. The zero-order chi connectivity index (χ0) is 14.1. The highest BCUT2D eigenvalue weighted by atomic mass is 35.5. The van der Waals surface area contributed by atoms with Gasteiger partial charge in [0, 0.05) is 0 Å². The third-order valence-corrected chi connectivity index (χ3v) is 2.94. The van der Waals surface area contributed by atoms with Crippen molar-refractivity contribution in [3.63, 3.8) is 0 Å². The lowest BCUT2D eigenvalue weighted by Gasteiger charge is -2.08. The van der Waals surface area contributed by atoms with E-state index in [-0.39, 0.29) is 5.28 Å². The number of benzene rings is 1. The fraction of sp³-hybridized carbons (Fsp3) is 0.0769. The molecule has 2 heterocycles. The number of hydrogen-bond donors (Lipinski definition) is 1. The summed E-state index contributed by atoms with van der Waals surface area (Å²) in [5.41, 5.74) is 1.89. The normalized spacial score (nSPS) is 10.4. The second-order valence-corrected chi connectivity index (χ2v) is 4.46. The van der Waals surface area contributed by atoms with E-state index in [9.17, 15) is 0 Å². The van der Waals surface area contributed by atoms with E-state index in [2.05, 4.69) is 26.2 Å². The summed E-state index contributed by atoms with van der Waals surface area (Å²) in [7, 11) is 0. The summed E-state index contributed by atoms with van der Waals surface area (Å²) in [6.45, 7) is 1.88. The van der Waals surface area contributed by atoms with Gasteiger partial charge in [-0.2, -0.15) is 20.3 Å². The molecule has 2 aromatic heterocycles. The molecule has 0 atom stereocenters. The topological polar surface area (TPSA) is 87.5 Å². The summed E-state index contributed by atoms with van der Waals surface area (Å²) in [6.07, 6.45) is 1.56. The number of aromatic nitrogens is 4. The van der Waals surface area contributed by atoms with Gasteiger partial charge in [0.15, 0.2) is 5.65 Å². The van der Waals surface area contributed by atoms with E-state index < -0.39 is 0 Å².